The summed E-state index contributed by atoms with van der Waals surface area (Å²) in [5, 5.41) is 7.16. The van der Waals surface area contributed by atoms with Gasteiger partial charge in [0.1, 0.15) is 0 Å². The fourth-order valence-corrected chi connectivity index (χ4v) is 3.03. The van der Waals surface area contributed by atoms with Gasteiger partial charge in [-0.05, 0) is 62.4 Å². The molecule has 156 valence electrons. The van der Waals surface area contributed by atoms with Crippen molar-refractivity contribution in [1.29, 1.82) is 0 Å². The van der Waals surface area contributed by atoms with Crippen molar-refractivity contribution in [2.24, 2.45) is 0 Å². The van der Waals surface area contributed by atoms with E-state index in [1.54, 1.807) is 6.92 Å². The lowest BCUT2D eigenvalue weighted by atomic mass is 10.1. The van der Waals surface area contributed by atoms with E-state index in [9.17, 15) is 9.59 Å². The molecular weight excluding hydrogens is 378 g/mol. The Balaban J connectivity index is 1.58. The lowest BCUT2D eigenvalue weighted by Gasteiger charge is -2.15. The third kappa shape index (κ3) is 5.56. The maximum Gasteiger partial charge on any atom is 0.271 e. The molecule has 3 aromatic rings. The molecule has 0 unspecified atom stereocenters. The van der Waals surface area contributed by atoms with Crippen molar-refractivity contribution < 1.29 is 9.53 Å². The summed E-state index contributed by atoms with van der Waals surface area (Å²) in [7, 11) is 0. The van der Waals surface area contributed by atoms with Crippen LogP contribution in [0.1, 0.15) is 30.0 Å². The van der Waals surface area contributed by atoms with Gasteiger partial charge < -0.3 is 10.1 Å². The summed E-state index contributed by atoms with van der Waals surface area (Å²) in [5.41, 5.74) is 3.84. The van der Waals surface area contributed by atoms with E-state index in [-0.39, 0.29) is 17.3 Å². The van der Waals surface area contributed by atoms with Crippen molar-refractivity contribution >= 4 is 5.91 Å². The molecule has 1 amide bonds. The predicted octanol–water partition coefficient (Wildman–Crippen LogP) is 3.37. The van der Waals surface area contributed by atoms with Gasteiger partial charge in [0, 0.05) is 18.7 Å². The molecule has 0 bridgehead atoms. The van der Waals surface area contributed by atoms with Gasteiger partial charge in [-0.15, -0.1) is 5.10 Å². The van der Waals surface area contributed by atoms with Crippen LogP contribution in [0.2, 0.25) is 0 Å². The van der Waals surface area contributed by atoms with Crippen molar-refractivity contribution in [1.82, 2.24) is 15.1 Å². The van der Waals surface area contributed by atoms with Gasteiger partial charge in [-0.1, -0.05) is 36.4 Å². The Hall–Kier alpha value is -3.41. The molecule has 6 heteroatoms. The quantitative estimate of drug-likeness (QED) is 0.583. The van der Waals surface area contributed by atoms with E-state index in [2.05, 4.69) is 22.5 Å². The second-order valence-corrected chi connectivity index (χ2v) is 7.33. The van der Waals surface area contributed by atoms with Crippen LogP contribution >= 0.6 is 0 Å². The van der Waals surface area contributed by atoms with Crippen LogP contribution < -0.4 is 15.6 Å². The molecule has 2 aromatic carbocycles. The SMILES string of the molecule is Cc1ccc(-n2nc(O[C@H](C)C(=O)NCCCc3ccccc3)ccc2=O)cc1C. The maximum atomic E-state index is 12.3. The minimum atomic E-state index is -0.722. The van der Waals surface area contributed by atoms with Crippen LogP contribution in [0.3, 0.4) is 0 Å². The number of aromatic nitrogens is 2. The average molecular weight is 405 g/mol. The van der Waals surface area contributed by atoms with E-state index in [0.717, 1.165) is 24.0 Å². The Morgan fingerprint density at radius 2 is 1.83 bits per heavy atom. The summed E-state index contributed by atoms with van der Waals surface area (Å²) < 4.78 is 6.96. The Morgan fingerprint density at radius 1 is 1.07 bits per heavy atom. The van der Waals surface area contributed by atoms with Crippen molar-refractivity contribution in [2.75, 3.05) is 6.54 Å². The number of aryl methyl sites for hydroxylation is 3. The average Bonchev–Trinajstić information content (AvgIpc) is 2.75. The number of rotatable bonds is 8. The van der Waals surface area contributed by atoms with E-state index in [1.807, 2.05) is 50.2 Å². The van der Waals surface area contributed by atoms with Gasteiger partial charge in [-0.25, -0.2) is 0 Å². The first-order chi connectivity index (χ1) is 14.4. The summed E-state index contributed by atoms with van der Waals surface area (Å²) in [6.45, 7) is 6.22. The minimum absolute atomic E-state index is 0.214. The standard InChI is InChI=1S/C24H27N3O3/c1-17-11-12-21(16-18(17)2)27-23(28)14-13-22(26-27)30-19(3)24(29)25-15-7-10-20-8-5-4-6-9-20/h4-6,8-9,11-14,16,19H,7,10,15H2,1-3H3,(H,25,29)/t19-/m1/s1. The zero-order valence-corrected chi connectivity index (χ0v) is 17.6. The minimum Gasteiger partial charge on any atom is -0.464 e. The van der Waals surface area contributed by atoms with E-state index in [1.165, 1.54) is 22.4 Å². The molecule has 30 heavy (non-hydrogen) atoms. The topological polar surface area (TPSA) is 73.2 Å². The zero-order chi connectivity index (χ0) is 21.5. The molecule has 0 aliphatic rings. The molecule has 0 fully saturated rings. The third-order valence-electron chi connectivity index (χ3n) is 4.96. The van der Waals surface area contributed by atoms with Crippen molar-refractivity contribution in [3.63, 3.8) is 0 Å². The van der Waals surface area contributed by atoms with Gasteiger partial charge in [0.15, 0.2) is 6.10 Å². The molecule has 0 aliphatic carbocycles. The highest BCUT2D eigenvalue weighted by Crippen LogP contribution is 2.14. The summed E-state index contributed by atoms with van der Waals surface area (Å²) in [4.78, 5) is 24.6. The fourth-order valence-electron chi connectivity index (χ4n) is 3.03. The van der Waals surface area contributed by atoms with Gasteiger partial charge in [0.25, 0.3) is 11.5 Å². The lowest BCUT2D eigenvalue weighted by molar-refractivity contribution is -0.127. The summed E-state index contributed by atoms with van der Waals surface area (Å²) in [6.07, 6.45) is 1.02. The molecule has 0 saturated carbocycles. The molecule has 1 aromatic heterocycles. The number of nitrogens with zero attached hydrogens (tertiary/aromatic N) is 2. The molecule has 3 rings (SSSR count). The maximum absolute atomic E-state index is 12.3. The number of hydrogen-bond donors (Lipinski definition) is 1. The van der Waals surface area contributed by atoms with Gasteiger partial charge in [-0.2, -0.15) is 4.68 Å². The van der Waals surface area contributed by atoms with E-state index < -0.39 is 6.10 Å². The zero-order valence-electron chi connectivity index (χ0n) is 17.6. The first kappa shape index (κ1) is 21.3. The Kier molecular flexibility index (Phi) is 7.01. The van der Waals surface area contributed by atoms with Gasteiger partial charge in [-0.3, -0.25) is 9.59 Å². The Bertz CT molecular complexity index is 1060. The van der Waals surface area contributed by atoms with Crippen molar-refractivity contribution in [3.8, 4) is 11.6 Å². The molecule has 1 N–H and O–H groups in total. The fraction of sp³-hybridized carbons (Fsp3) is 0.292. The molecule has 1 atom stereocenters. The molecular formula is C24H27N3O3. The molecule has 0 spiro atoms. The van der Waals surface area contributed by atoms with Gasteiger partial charge >= 0.3 is 0 Å². The van der Waals surface area contributed by atoms with E-state index >= 15 is 0 Å². The van der Waals surface area contributed by atoms with Crippen LogP contribution in [0.25, 0.3) is 5.69 Å². The lowest BCUT2D eigenvalue weighted by Crippen LogP contribution is -2.37. The van der Waals surface area contributed by atoms with Crippen molar-refractivity contribution in [2.45, 2.75) is 39.7 Å². The van der Waals surface area contributed by atoms with Crippen LogP contribution in [-0.4, -0.2) is 28.3 Å². The summed E-state index contributed by atoms with van der Waals surface area (Å²) >= 11 is 0. The molecule has 0 aliphatic heterocycles. The number of hydrogen-bond acceptors (Lipinski definition) is 4. The molecule has 6 nitrogen and oxygen atoms in total. The van der Waals surface area contributed by atoms with Crippen LogP contribution in [0.4, 0.5) is 0 Å². The van der Waals surface area contributed by atoms with E-state index in [4.69, 9.17) is 4.74 Å². The first-order valence-corrected chi connectivity index (χ1v) is 10.1. The number of carbonyl (C=O) groups excluding carboxylic acids is 1. The number of amides is 1. The van der Waals surface area contributed by atoms with Crippen LogP contribution in [0.15, 0.2) is 65.5 Å². The van der Waals surface area contributed by atoms with Gasteiger partial charge in [0.05, 0.1) is 5.69 Å². The second-order valence-electron chi connectivity index (χ2n) is 7.33. The van der Waals surface area contributed by atoms with Crippen molar-refractivity contribution in [3.05, 3.63) is 87.7 Å². The Morgan fingerprint density at radius 3 is 2.57 bits per heavy atom. The summed E-state index contributed by atoms with van der Waals surface area (Å²) in [6, 6.07) is 18.7. The normalized spacial score (nSPS) is 11.7. The number of benzene rings is 2. The molecule has 0 radical (unpaired) electrons. The highest BCUT2D eigenvalue weighted by atomic mass is 16.5. The van der Waals surface area contributed by atoms with Gasteiger partial charge in [0.2, 0.25) is 5.88 Å². The number of nitrogens with one attached hydrogen (secondary N) is 1. The van der Waals surface area contributed by atoms with Crippen LogP contribution in [0, 0.1) is 13.8 Å². The number of carbonyl (C=O) groups is 1. The Labute approximate surface area is 176 Å². The largest absolute Gasteiger partial charge is 0.464 e. The smallest absolute Gasteiger partial charge is 0.271 e. The van der Waals surface area contributed by atoms with Crippen LogP contribution in [-0.2, 0) is 11.2 Å². The second kappa shape index (κ2) is 9.87. The third-order valence-corrected chi connectivity index (χ3v) is 4.96. The van der Waals surface area contributed by atoms with E-state index in [0.29, 0.717) is 12.2 Å². The van der Waals surface area contributed by atoms with Crippen LogP contribution in [0.5, 0.6) is 5.88 Å². The predicted molar refractivity (Wildman–Crippen MR) is 117 cm³/mol. The highest BCUT2D eigenvalue weighted by Gasteiger charge is 2.15. The molecule has 0 saturated heterocycles. The first-order valence-electron chi connectivity index (χ1n) is 10.1. The highest BCUT2D eigenvalue weighted by molar-refractivity contribution is 5.80. The number of ether oxygens (including phenoxy) is 1. The monoisotopic (exact) mass is 405 g/mol. The molecule has 1 heterocycles. The summed E-state index contributed by atoms with van der Waals surface area (Å²) in [5.74, 6) is 0.00792.